The van der Waals surface area contributed by atoms with E-state index in [1.165, 1.54) is 12.4 Å². The highest BCUT2D eigenvalue weighted by atomic mass is 35.5. The number of hydrogen-bond acceptors (Lipinski definition) is 5. The summed E-state index contributed by atoms with van der Waals surface area (Å²) in [6.07, 6.45) is -0.907. The number of halogens is 5. The van der Waals surface area contributed by atoms with Crippen LogP contribution in [0.2, 0.25) is 0 Å². The van der Waals surface area contributed by atoms with Crippen molar-refractivity contribution in [3.05, 3.63) is 47.8 Å². The molecule has 2 aromatic rings. The van der Waals surface area contributed by atoms with E-state index >= 15 is 0 Å². The van der Waals surface area contributed by atoms with E-state index in [9.17, 15) is 17.6 Å². The summed E-state index contributed by atoms with van der Waals surface area (Å²) in [5, 5.41) is -3.36. The lowest BCUT2D eigenvalue weighted by molar-refractivity contribution is -0.231. The average Bonchev–Trinajstić information content (AvgIpc) is 2.47. The van der Waals surface area contributed by atoms with Gasteiger partial charge < -0.3 is 16.2 Å². The number of alkyl halides is 5. The molecule has 2 rings (SSSR count). The molecule has 0 aliphatic carbocycles. The third-order valence-corrected chi connectivity index (χ3v) is 2.70. The molecule has 2 aromatic heterocycles. The van der Waals surface area contributed by atoms with E-state index < -0.39 is 11.5 Å². The van der Waals surface area contributed by atoms with Gasteiger partial charge in [0, 0.05) is 25.1 Å². The maximum atomic E-state index is 12.8. The lowest BCUT2D eigenvalue weighted by atomic mass is 10.2. The van der Waals surface area contributed by atoms with Crippen LogP contribution in [0.3, 0.4) is 0 Å². The summed E-state index contributed by atoms with van der Waals surface area (Å²) in [5.41, 5.74) is 9.73. The monoisotopic (exact) mass is 352 g/mol. The van der Waals surface area contributed by atoms with Gasteiger partial charge in [0.15, 0.2) is 0 Å². The largest absolute Gasteiger partial charge is 0.384 e. The summed E-state index contributed by atoms with van der Waals surface area (Å²) in [7, 11) is 0.927. The first kappa shape index (κ1) is 18.9. The molecule has 23 heavy (non-hydrogen) atoms. The van der Waals surface area contributed by atoms with Crippen LogP contribution in [0.15, 0.2) is 36.7 Å². The van der Waals surface area contributed by atoms with Crippen LogP contribution in [0.5, 0.6) is 0 Å². The van der Waals surface area contributed by atoms with Gasteiger partial charge in [-0.05, 0) is 35.9 Å². The number of nitrogens with two attached hydrogens (primary N) is 2. The summed E-state index contributed by atoms with van der Waals surface area (Å²) in [5.74, 6) is 0.0760. The summed E-state index contributed by atoms with van der Waals surface area (Å²) < 4.78 is 54.1. The Kier molecular flexibility index (Phi) is 6.11. The fourth-order valence-corrected chi connectivity index (χ4v) is 1.49. The minimum Gasteiger partial charge on any atom is -0.384 e. The van der Waals surface area contributed by atoms with Gasteiger partial charge in [-0.3, -0.25) is 0 Å². The summed E-state index contributed by atoms with van der Waals surface area (Å²) in [6.45, 7) is 0. The molecule has 0 atom stereocenters. The molecule has 10 heteroatoms. The van der Waals surface area contributed by atoms with E-state index in [2.05, 4.69) is 14.7 Å². The minimum atomic E-state index is -3.36. The van der Waals surface area contributed by atoms with Gasteiger partial charge in [-0.2, -0.15) is 17.6 Å². The molecule has 0 aliphatic heterocycles. The number of nitrogen functional groups attached to an aromatic ring is 2. The van der Waals surface area contributed by atoms with E-state index in [4.69, 9.17) is 23.1 Å². The van der Waals surface area contributed by atoms with Crippen molar-refractivity contribution in [3.8, 4) is 0 Å². The molecule has 0 spiro atoms. The van der Waals surface area contributed by atoms with E-state index in [0.717, 1.165) is 31.4 Å². The van der Waals surface area contributed by atoms with Crippen LogP contribution >= 0.6 is 11.6 Å². The Morgan fingerprint density at radius 2 is 1.39 bits per heavy atom. The minimum absolute atomic E-state index is 0.0304. The second kappa shape index (κ2) is 7.42. The van der Waals surface area contributed by atoms with Crippen molar-refractivity contribution in [1.82, 2.24) is 9.97 Å². The molecule has 0 bridgehead atoms. The first-order valence-corrected chi connectivity index (χ1v) is 6.37. The van der Waals surface area contributed by atoms with Gasteiger partial charge in [-0.1, -0.05) is 0 Å². The number of pyridine rings is 2. The van der Waals surface area contributed by atoms with Gasteiger partial charge in [0.1, 0.15) is 11.6 Å². The fraction of sp³-hybridized carbons (Fsp3) is 0.231. The average molecular weight is 353 g/mol. The van der Waals surface area contributed by atoms with Gasteiger partial charge in [-0.15, -0.1) is 0 Å². The van der Waals surface area contributed by atoms with Crippen LogP contribution in [0.4, 0.5) is 29.2 Å². The van der Waals surface area contributed by atoms with E-state index in [1.54, 1.807) is 0 Å². The molecule has 0 radical (unpaired) electrons. The predicted molar refractivity (Wildman–Crippen MR) is 77.9 cm³/mol. The zero-order valence-corrected chi connectivity index (χ0v) is 12.6. The molecule has 0 amide bonds. The van der Waals surface area contributed by atoms with Crippen molar-refractivity contribution < 1.29 is 22.3 Å². The lowest BCUT2D eigenvalue weighted by Crippen LogP contribution is -2.15. The molecule has 4 N–H and O–H groups in total. The zero-order valence-electron chi connectivity index (χ0n) is 11.8. The number of rotatable bonds is 3. The number of ether oxygens (including phenoxy) is 1. The highest BCUT2D eigenvalue weighted by molar-refractivity contribution is 6.21. The standard InChI is InChI=1S/C7H8F2N2O.C6H5ClF2N2/c1-12-7(8,9)5-2-3-11-6(10)4-5;7-6(8,9)4-1-2-11-5(10)3-4/h2-4H,1H3,(H2,10,11);1-3H,(H2,10,11). The van der Waals surface area contributed by atoms with Crippen LogP contribution in [-0.2, 0) is 16.2 Å². The number of nitrogens with zero attached hydrogens (tertiary/aromatic N) is 2. The normalized spacial score (nSPS) is 11.6. The van der Waals surface area contributed by atoms with E-state index in [1.807, 2.05) is 0 Å². The molecule has 5 nitrogen and oxygen atoms in total. The molecule has 126 valence electrons. The van der Waals surface area contributed by atoms with Crippen LogP contribution in [0.1, 0.15) is 11.1 Å². The number of methoxy groups -OCH3 is 1. The lowest BCUT2D eigenvalue weighted by Gasteiger charge is -2.13. The van der Waals surface area contributed by atoms with Crippen molar-refractivity contribution in [2.75, 3.05) is 18.6 Å². The molecule has 0 fully saturated rings. The number of aromatic nitrogens is 2. The Morgan fingerprint density at radius 1 is 0.957 bits per heavy atom. The highest BCUT2D eigenvalue weighted by Gasteiger charge is 2.31. The van der Waals surface area contributed by atoms with Gasteiger partial charge in [-0.25, -0.2) is 9.97 Å². The van der Waals surface area contributed by atoms with Gasteiger partial charge in [0.2, 0.25) is 0 Å². The third kappa shape index (κ3) is 5.87. The third-order valence-electron chi connectivity index (χ3n) is 2.48. The molecular formula is C13H13ClF4N4O. The Hall–Kier alpha value is -2.13. The molecule has 0 aromatic carbocycles. The molecule has 0 saturated carbocycles. The summed E-state index contributed by atoms with van der Waals surface area (Å²) in [6, 6.07) is 4.37. The van der Waals surface area contributed by atoms with Crippen LogP contribution in [0, 0.1) is 0 Å². The Labute approximate surface area is 134 Å². The molecule has 0 aliphatic rings. The summed E-state index contributed by atoms with van der Waals surface area (Å²) in [4.78, 5) is 7.12. The molecule has 0 unspecified atom stereocenters. The number of anilines is 2. The number of hydrogen-bond donors (Lipinski definition) is 2. The Balaban J connectivity index is 0.000000231. The maximum absolute atomic E-state index is 12.8. The fourth-order valence-electron chi connectivity index (χ4n) is 1.37. The first-order valence-electron chi connectivity index (χ1n) is 6.00. The van der Waals surface area contributed by atoms with Crippen molar-refractivity contribution in [1.29, 1.82) is 0 Å². The first-order chi connectivity index (χ1) is 10.6. The topological polar surface area (TPSA) is 87.0 Å². The SMILES string of the molecule is COC(F)(F)c1ccnc(N)c1.Nc1cc(C(F)(F)Cl)ccn1. The Bertz CT molecular complexity index is 652. The summed E-state index contributed by atoms with van der Waals surface area (Å²) >= 11 is 4.71. The van der Waals surface area contributed by atoms with Crippen LogP contribution < -0.4 is 11.5 Å². The van der Waals surface area contributed by atoms with Crippen LogP contribution in [-0.4, -0.2) is 17.1 Å². The van der Waals surface area contributed by atoms with Crippen molar-refractivity contribution >= 4 is 23.2 Å². The van der Waals surface area contributed by atoms with Gasteiger partial charge in [0.05, 0.1) is 5.56 Å². The second-order valence-corrected chi connectivity index (χ2v) is 4.63. The molecule has 2 heterocycles. The van der Waals surface area contributed by atoms with Crippen molar-refractivity contribution in [3.63, 3.8) is 0 Å². The predicted octanol–water partition coefficient (Wildman–Crippen LogP) is 3.31. The Morgan fingerprint density at radius 3 is 1.74 bits per heavy atom. The van der Waals surface area contributed by atoms with Gasteiger partial charge in [0.25, 0.3) is 0 Å². The van der Waals surface area contributed by atoms with Crippen LogP contribution in [0.25, 0.3) is 0 Å². The van der Waals surface area contributed by atoms with E-state index in [0.29, 0.717) is 0 Å². The van der Waals surface area contributed by atoms with Gasteiger partial charge >= 0.3 is 11.5 Å². The highest BCUT2D eigenvalue weighted by Crippen LogP contribution is 2.32. The second-order valence-electron chi connectivity index (χ2n) is 4.16. The quantitative estimate of drug-likeness (QED) is 0.653. The van der Waals surface area contributed by atoms with E-state index in [-0.39, 0.29) is 22.8 Å². The van der Waals surface area contributed by atoms with Crippen molar-refractivity contribution in [2.24, 2.45) is 0 Å². The smallest absolute Gasteiger partial charge is 0.383 e. The zero-order chi connectivity index (χ0) is 17.7. The molecular weight excluding hydrogens is 340 g/mol. The maximum Gasteiger partial charge on any atom is 0.383 e. The molecule has 0 saturated heterocycles. The van der Waals surface area contributed by atoms with Crippen molar-refractivity contribution in [2.45, 2.75) is 11.5 Å².